The van der Waals surface area contributed by atoms with E-state index >= 15 is 0 Å². The highest BCUT2D eigenvalue weighted by atomic mass is 16.1. The fraction of sp³-hybridized carbons (Fsp3) is 0.667. The van der Waals surface area contributed by atoms with Gasteiger partial charge in [0, 0.05) is 37.0 Å². The summed E-state index contributed by atoms with van der Waals surface area (Å²) in [5.74, 6) is 0.421. The highest BCUT2D eigenvalue weighted by Gasteiger charge is 2.28. The number of amides is 1. The molecule has 2 heterocycles. The van der Waals surface area contributed by atoms with E-state index < -0.39 is 0 Å². The van der Waals surface area contributed by atoms with Crippen molar-refractivity contribution < 1.29 is 4.79 Å². The van der Waals surface area contributed by atoms with E-state index in [1.54, 1.807) is 0 Å². The average Bonchev–Trinajstić information content (AvgIpc) is 2.70. The second-order valence-corrected chi connectivity index (χ2v) is 5.53. The third-order valence-electron chi connectivity index (χ3n) is 3.08. The molecule has 2 rings (SSSR count). The van der Waals surface area contributed by atoms with E-state index in [1.165, 1.54) is 0 Å². The van der Waals surface area contributed by atoms with Gasteiger partial charge in [-0.05, 0) is 6.07 Å². The van der Waals surface area contributed by atoms with Crippen LogP contribution in [0.3, 0.4) is 0 Å². The van der Waals surface area contributed by atoms with E-state index in [1.807, 2.05) is 11.7 Å². The minimum Gasteiger partial charge on any atom is -0.355 e. The standard InChI is InChI=1S/C12H19N3O/c1-12(2,3)10-6-9(15(4)14-10)8-5-11(16)13-7-8/h6,8H,5,7H2,1-4H3,(H,13,16). The smallest absolute Gasteiger partial charge is 0.220 e. The van der Waals surface area contributed by atoms with Crippen molar-refractivity contribution in [2.45, 2.75) is 38.5 Å². The van der Waals surface area contributed by atoms with Crippen LogP contribution in [0.1, 0.15) is 44.5 Å². The minimum absolute atomic E-state index is 0.0616. The predicted molar refractivity (Wildman–Crippen MR) is 62.3 cm³/mol. The summed E-state index contributed by atoms with van der Waals surface area (Å²) < 4.78 is 1.91. The second kappa shape index (κ2) is 3.61. The molecule has 16 heavy (non-hydrogen) atoms. The highest BCUT2D eigenvalue weighted by Crippen LogP contribution is 2.27. The van der Waals surface area contributed by atoms with Crippen molar-refractivity contribution in [3.05, 3.63) is 17.5 Å². The Morgan fingerprint density at radius 2 is 2.19 bits per heavy atom. The first-order valence-corrected chi connectivity index (χ1v) is 5.69. The molecule has 1 atom stereocenters. The fourth-order valence-electron chi connectivity index (χ4n) is 2.04. The molecule has 1 fully saturated rings. The molecular weight excluding hydrogens is 202 g/mol. The van der Waals surface area contributed by atoms with Gasteiger partial charge in [0.2, 0.25) is 5.91 Å². The Labute approximate surface area is 96.0 Å². The normalized spacial score (nSPS) is 21.2. The Morgan fingerprint density at radius 3 is 2.62 bits per heavy atom. The molecule has 1 aliphatic rings. The van der Waals surface area contributed by atoms with Crippen LogP contribution < -0.4 is 5.32 Å². The van der Waals surface area contributed by atoms with Crippen LogP contribution in [0, 0.1) is 0 Å². The lowest BCUT2D eigenvalue weighted by Crippen LogP contribution is -2.14. The van der Waals surface area contributed by atoms with E-state index in [0.717, 1.165) is 17.9 Å². The molecule has 4 heteroatoms. The number of carbonyl (C=O) groups excluding carboxylic acids is 1. The van der Waals surface area contributed by atoms with Crippen molar-refractivity contribution in [1.82, 2.24) is 15.1 Å². The van der Waals surface area contributed by atoms with Crippen LogP contribution in [0.5, 0.6) is 0 Å². The highest BCUT2D eigenvalue weighted by molar-refractivity contribution is 5.79. The number of aromatic nitrogens is 2. The van der Waals surface area contributed by atoms with Crippen molar-refractivity contribution in [1.29, 1.82) is 0 Å². The maximum Gasteiger partial charge on any atom is 0.220 e. The summed E-state index contributed by atoms with van der Waals surface area (Å²) in [5.41, 5.74) is 2.30. The molecule has 1 amide bonds. The van der Waals surface area contributed by atoms with Gasteiger partial charge in [0.05, 0.1) is 5.69 Å². The monoisotopic (exact) mass is 221 g/mol. The Balaban J connectivity index is 2.29. The van der Waals surface area contributed by atoms with E-state index in [2.05, 4.69) is 37.3 Å². The fourth-order valence-corrected chi connectivity index (χ4v) is 2.04. The van der Waals surface area contributed by atoms with Gasteiger partial charge in [0.25, 0.3) is 0 Å². The van der Waals surface area contributed by atoms with Crippen LogP contribution in [0.25, 0.3) is 0 Å². The van der Waals surface area contributed by atoms with Crippen molar-refractivity contribution >= 4 is 5.91 Å². The van der Waals surface area contributed by atoms with Gasteiger partial charge >= 0.3 is 0 Å². The molecule has 1 aromatic heterocycles. The van der Waals surface area contributed by atoms with Gasteiger partial charge in [0.15, 0.2) is 0 Å². The summed E-state index contributed by atoms with van der Waals surface area (Å²) in [4.78, 5) is 11.2. The average molecular weight is 221 g/mol. The molecule has 1 N–H and O–H groups in total. The van der Waals surface area contributed by atoms with Crippen LogP contribution in [-0.4, -0.2) is 22.2 Å². The van der Waals surface area contributed by atoms with Crippen molar-refractivity contribution in [3.8, 4) is 0 Å². The van der Waals surface area contributed by atoms with Crippen molar-refractivity contribution in [2.75, 3.05) is 6.54 Å². The van der Waals surface area contributed by atoms with Crippen LogP contribution >= 0.6 is 0 Å². The van der Waals surface area contributed by atoms with Gasteiger partial charge in [-0.1, -0.05) is 20.8 Å². The van der Waals surface area contributed by atoms with Crippen LogP contribution in [0.15, 0.2) is 6.07 Å². The van der Waals surface area contributed by atoms with Gasteiger partial charge in [-0.25, -0.2) is 0 Å². The summed E-state index contributed by atoms with van der Waals surface area (Å²) in [6.07, 6.45) is 0.586. The molecule has 1 saturated heterocycles. The van der Waals surface area contributed by atoms with Gasteiger partial charge in [-0.2, -0.15) is 5.10 Å². The zero-order valence-electron chi connectivity index (χ0n) is 10.4. The summed E-state index contributed by atoms with van der Waals surface area (Å²) in [5, 5.41) is 7.39. The van der Waals surface area contributed by atoms with Crippen molar-refractivity contribution in [3.63, 3.8) is 0 Å². The topological polar surface area (TPSA) is 46.9 Å². The molecule has 0 aliphatic carbocycles. The molecule has 0 bridgehead atoms. The Hall–Kier alpha value is -1.32. The molecule has 0 radical (unpaired) electrons. The van der Waals surface area contributed by atoms with E-state index in [-0.39, 0.29) is 17.2 Å². The van der Waals surface area contributed by atoms with E-state index in [0.29, 0.717) is 6.42 Å². The van der Waals surface area contributed by atoms with Gasteiger partial charge in [0.1, 0.15) is 0 Å². The number of carbonyl (C=O) groups is 1. The molecule has 4 nitrogen and oxygen atoms in total. The molecule has 0 aromatic carbocycles. The molecule has 1 aromatic rings. The summed E-state index contributed by atoms with van der Waals surface area (Å²) in [6.45, 7) is 7.19. The van der Waals surface area contributed by atoms with Crippen molar-refractivity contribution in [2.24, 2.45) is 7.05 Å². The largest absolute Gasteiger partial charge is 0.355 e. The number of nitrogens with one attached hydrogen (secondary N) is 1. The zero-order valence-corrected chi connectivity index (χ0v) is 10.4. The second-order valence-electron chi connectivity index (χ2n) is 5.53. The first kappa shape index (κ1) is 11.2. The maximum atomic E-state index is 11.2. The number of nitrogens with zero attached hydrogens (tertiary/aromatic N) is 2. The third-order valence-corrected chi connectivity index (χ3v) is 3.08. The van der Waals surface area contributed by atoms with Gasteiger partial charge < -0.3 is 5.32 Å². The first-order chi connectivity index (χ1) is 7.38. The molecule has 88 valence electrons. The van der Waals surface area contributed by atoms with Crippen LogP contribution in [0.2, 0.25) is 0 Å². The Morgan fingerprint density at radius 1 is 1.50 bits per heavy atom. The Bertz CT molecular complexity index is 414. The SMILES string of the molecule is Cn1nc(C(C)(C)C)cc1C1CNC(=O)C1. The zero-order chi connectivity index (χ0) is 11.9. The van der Waals surface area contributed by atoms with E-state index in [4.69, 9.17) is 0 Å². The predicted octanol–water partition coefficient (Wildman–Crippen LogP) is 1.32. The summed E-state index contributed by atoms with van der Waals surface area (Å²) in [6, 6.07) is 2.13. The van der Waals surface area contributed by atoms with Crippen LogP contribution in [-0.2, 0) is 17.3 Å². The lowest BCUT2D eigenvalue weighted by atomic mass is 9.91. The third kappa shape index (κ3) is 1.96. The van der Waals surface area contributed by atoms with Crippen LogP contribution in [0.4, 0.5) is 0 Å². The molecular formula is C12H19N3O. The summed E-state index contributed by atoms with van der Waals surface area (Å²) in [7, 11) is 1.95. The molecule has 1 unspecified atom stereocenters. The number of rotatable bonds is 1. The number of hydrogen-bond donors (Lipinski definition) is 1. The number of aryl methyl sites for hydroxylation is 1. The molecule has 0 saturated carbocycles. The van der Waals surface area contributed by atoms with Gasteiger partial charge in [-0.15, -0.1) is 0 Å². The lowest BCUT2D eigenvalue weighted by Gasteiger charge is -2.13. The lowest BCUT2D eigenvalue weighted by molar-refractivity contribution is -0.119. The summed E-state index contributed by atoms with van der Waals surface area (Å²) >= 11 is 0. The minimum atomic E-state index is 0.0616. The quantitative estimate of drug-likeness (QED) is 0.777. The first-order valence-electron chi connectivity index (χ1n) is 5.69. The maximum absolute atomic E-state index is 11.2. The molecule has 0 spiro atoms. The molecule has 1 aliphatic heterocycles. The Kier molecular flexibility index (Phi) is 2.52. The van der Waals surface area contributed by atoms with Gasteiger partial charge in [-0.3, -0.25) is 9.48 Å². The number of hydrogen-bond acceptors (Lipinski definition) is 2. The van der Waals surface area contributed by atoms with E-state index in [9.17, 15) is 4.79 Å².